The van der Waals surface area contributed by atoms with Crippen LogP contribution in [0.1, 0.15) is 23.3 Å². The Morgan fingerprint density at radius 3 is 2.49 bits per heavy atom. The van der Waals surface area contributed by atoms with Crippen molar-refractivity contribution in [3.8, 4) is 0 Å². The summed E-state index contributed by atoms with van der Waals surface area (Å²) in [5.41, 5.74) is 15.6. The van der Waals surface area contributed by atoms with Crippen LogP contribution in [0.5, 0.6) is 0 Å². The Kier molecular flexibility index (Phi) is 6.44. The van der Waals surface area contributed by atoms with Crippen LogP contribution in [0.15, 0.2) is 27.2 Å². The van der Waals surface area contributed by atoms with Crippen LogP contribution in [0.4, 0.5) is 23.0 Å². The van der Waals surface area contributed by atoms with E-state index in [2.05, 4.69) is 30.8 Å². The Morgan fingerprint density at radius 1 is 1.14 bits per heavy atom. The highest BCUT2D eigenvalue weighted by molar-refractivity contribution is 7.89. The third-order valence-corrected chi connectivity index (χ3v) is 8.33. The lowest BCUT2D eigenvalue weighted by Gasteiger charge is -2.38. The molecule has 35 heavy (non-hydrogen) atoms. The minimum absolute atomic E-state index is 0.0343. The van der Waals surface area contributed by atoms with E-state index in [0.29, 0.717) is 19.4 Å². The maximum Gasteiger partial charge on any atom is 0.280 e. The van der Waals surface area contributed by atoms with Crippen LogP contribution in [-0.4, -0.2) is 59.7 Å². The predicted octanol–water partition coefficient (Wildman–Crippen LogP) is 0.840. The van der Waals surface area contributed by atoms with Gasteiger partial charge in [0, 0.05) is 13.1 Å². The Hall–Kier alpha value is -3.27. The summed E-state index contributed by atoms with van der Waals surface area (Å²) in [5.74, 6) is -0.800. The number of nitrogens with two attached hydrogens (primary N) is 3. The van der Waals surface area contributed by atoms with Crippen molar-refractivity contribution < 1.29 is 13.2 Å². The molecule has 0 radical (unpaired) electrons. The van der Waals surface area contributed by atoms with Crippen LogP contribution < -0.4 is 27.8 Å². The van der Waals surface area contributed by atoms with E-state index >= 15 is 0 Å². The van der Waals surface area contributed by atoms with E-state index in [9.17, 15) is 18.1 Å². The van der Waals surface area contributed by atoms with Gasteiger partial charge in [-0.05, 0) is 30.2 Å². The molecule has 17 heteroatoms. The first-order valence-electron chi connectivity index (χ1n) is 10.1. The number of nitrogens with zero attached hydrogens (tertiary/aromatic N) is 5. The normalized spacial score (nSPS) is 17.6. The first-order valence-corrected chi connectivity index (χ1v) is 12.3. The Morgan fingerprint density at radius 2 is 1.83 bits per heavy atom. The van der Waals surface area contributed by atoms with Gasteiger partial charge in [0.2, 0.25) is 10.0 Å². The van der Waals surface area contributed by atoms with Gasteiger partial charge in [0.05, 0.1) is 22.8 Å². The number of anilines is 3. The first kappa shape index (κ1) is 24.8. The van der Waals surface area contributed by atoms with Crippen molar-refractivity contribution in [3.05, 3.63) is 32.9 Å². The molecule has 3 heterocycles. The molecule has 1 amide bonds. The monoisotopic (exact) mass is 542 g/mol. The maximum atomic E-state index is 13.2. The van der Waals surface area contributed by atoms with Crippen molar-refractivity contribution in [3.63, 3.8) is 0 Å². The van der Waals surface area contributed by atoms with Crippen molar-refractivity contribution >= 4 is 68.1 Å². The van der Waals surface area contributed by atoms with Crippen molar-refractivity contribution in [2.45, 2.75) is 23.3 Å². The lowest BCUT2D eigenvalue weighted by atomic mass is 9.89. The molecule has 2 aromatic rings. The molecule has 0 atom stereocenters. The van der Waals surface area contributed by atoms with Gasteiger partial charge in [-0.2, -0.15) is 4.31 Å². The minimum atomic E-state index is -4.06. The number of halogens is 2. The fourth-order valence-corrected chi connectivity index (χ4v) is 5.70. The summed E-state index contributed by atoms with van der Waals surface area (Å²) in [6.45, 7) is 0.549. The largest absolute Gasteiger partial charge is 0.396 e. The van der Waals surface area contributed by atoms with E-state index in [0.717, 1.165) is 0 Å². The van der Waals surface area contributed by atoms with Crippen molar-refractivity contribution in [2.24, 2.45) is 10.2 Å². The van der Waals surface area contributed by atoms with E-state index in [1.165, 1.54) is 16.4 Å². The number of piperidine rings is 1. The number of aromatic nitrogens is 2. The number of nitrogen functional groups attached to an aromatic ring is 3. The fourth-order valence-electron chi connectivity index (χ4n) is 3.85. The number of carbonyl (C=O) groups excluding carboxylic acids is 1. The number of aliphatic imine (C=N–C) groups is 1. The summed E-state index contributed by atoms with van der Waals surface area (Å²) in [7, 11) is -4.06. The van der Waals surface area contributed by atoms with Gasteiger partial charge >= 0.3 is 0 Å². The number of amides is 1. The SMILES string of the molecule is Nc1nc(N)c(C(=O)NC2=NCC3(CCN(S(=O)(=O)c4ccc(Cl)c(N)c4N=O)CC3)N2)nc1Cl. The topological polar surface area (TPSA) is 224 Å². The lowest BCUT2D eigenvalue weighted by molar-refractivity contribution is 0.0971. The molecule has 0 aliphatic carbocycles. The molecular weight excluding hydrogens is 523 g/mol. The summed E-state index contributed by atoms with van der Waals surface area (Å²) in [4.78, 5) is 35.4. The molecule has 186 valence electrons. The van der Waals surface area contributed by atoms with Crippen LogP contribution in [0, 0.1) is 4.91 Å². The Bertz CT molecular complexity index is 1360. The van der Waals surface area contributed by atoms with Crippen molar-refractivity contribution in [2.75, 3.05) is 36.8 Å². The van der Waals surface area contributed by atoms with Gasteiger partial charge in [-0.3, -0.25) is 15.1 Å². The van der Waals surface area contributed by atoms with Gasteiger partial charge in [0.25, 0.3) is 5.91 Å². The zero-order chi connectivity index (χ0) is 25.5. The van der Waals surface area contributed by atoms with Gasteiger partial charge in [0.1, 0.15) is 4.90 Å². The molecule has 1 spiro atoms. The third kappa shape index (κ3) is 4.54. The van der Waals surface area contributed by atoms with Gasteiger partial charge in [-0.25, -0.2) is 18.4 Å². The molecule has 8 N–H and O–H groups in total. The Balaban J connectivity index is 1.43. The summed E-state index contributed by atoms with van der Waals surface area (Å²) >= 11 is 11.7. The summed E-state index contributed by atoms with van der Waals surface area (Å²) in [5, 5.41) is 8.35. The highest BCUT2D eigenvalue weighted by atomic mass is 35.5. The molecule has 2 aliphatic rings. The molecule has 0 unspecified atom stereocenters. The van der Waals surface area contributed by atoms with Crippen molar-refractivity contribution in [1.82, 2.24) is 24.9 Å². The van der Waals surface area contributed by atoms with E-state index < -0.39 is 27.2 Å². The summed E-state index contributed by atoms with van der Waals surface area (Å²) < 4.78 is 27.6. The summed E-state index contributed by atoms with van der Waals surface area (Å²) in [6.07, 6.45) is 0.745. The standard InChI is InChI=1S/C18H20Cl2N10O4S/c19-8-1-2-9(11(29-32)10(8)21)35(33,34)30-5-3-18(4-6-30)7-24-17(28-18)27-16(31)12-14(22)26-15(23)13(20)25-12/h1-2H,3-7,21H2,(H4,22,23,26)(H2,24,27,28,31). The van der Waals surface area contributed by atoms with Crippen LogP contribution in [0.3, 0.4) is 0 Å². The second kappa shape index (κ2) is 9.07. The fraction of sp³-hybridized carbons (Fsp3) is 0.333. The van der Waals surface area contributed by atoms with Gasteiger partial charge in [0.15, 0.2) is 34.1 Å². The molecule has 0 saturated carbocycles. The predicted molar refractivity (Wildman–Crippen MR) is 131 cm³/mol. The molecule has 1 aromatic carbocycles. The number of rotatable bonds is 4. The van der Waals surface area contributed by atoms with E-state index in [4.69, 9.17) is 40.4 Å². The number of carbonyl (C=O) groups is 1. The van der Waals surface area contributed by atoms with Crippen LogP contribution in [0.2, 0.25) is 10.2 Å². The Labute approximate surface area is 209 Å². The molecule has 4 rings (SSSR count). The first-order chi connectivity index (χ1) is 16.5. The maximum absolute atomic E-state index is 13.2. The second-order valence-electron chi connectivity index (χ2n) is 7.96. The number of nitroso groups, excluding NO2 is 1. The lowest BCUT2D eigenvalue weighted by Crippen LogP contribution is -2.56. The number of hydrogen-bond acceptors (Lipinski definition) is 12. The van der Waals surface area contributed by atoms with Gasteiger partial charge < -0.3 is 22.5 Å². The minimum Gasteiger partial charge on any atom is -0.396 e. The third-order valence-electron chi connectivity index (χ3n) is 5.79. The zero-order valence-electron chi connectivity index (χ0n) is 18.0. The smallest absolute Gasteiger partial charge is 0.280 e. The number of guanidine groups is 1. The average molecular weight is 543 g/mol. The number of sulfonamides is 1. The zero-order valence-corrected chi connectivity index (χ0v) is 20.3. The van der Waals surface area contributed by atoms with E-state index in [1.807, 2.05) is 0 Å². The molecule has 0 bridgehead atoms. The second-order valence-corrected chi connectivity index (χ2v) is 10.6. The molecule has 2 aliphatic heterocycles. The van der Waals surface area contributed by atoms with Crippen LogP contribution >= 0.6 is 23.2 Å². The molecule has 14 nitrogen and oxygen atoms in total. The highest BCUT2D eigenvalue weighted by Crippen LogP contribution is 2.38. The summed E-state index contributed by atoms with van der Waals surface area (Å²) in [6, 6.07) is 2.51. The number of benzene rings is 1. The molecule has 1 saturated heterocycles. The van der Waals surface area contributed by atoms with Gasteiger partial charge in [-0.1, -0.05) is 23.2 Å². The van der Waals surface area contributed by atoms with E-state index in [1.54, 1.807) is 0 Å². The molecule has 1 fully saturated rings. The van der Waals surface area contributed by atoms with Crippen LogP contribution in [0.25, 0.3) is 0 Å². The number of nitrogens with one attached hydrogen (secondary N) is 2. The number of hydrogen-bond donors (Lipinski definition) is 5. The highest BCUT2D eigenvalue weighted by Gasteiger charge is 2.42. The van der Waals surface area contributed by atoms with Gasteiger partial charge in [-0.15, -0.1) is 4.91 Å². The van der Waals surface area contributed by atoms with E-state index in [-0.39, 0.29) is 57.1 Å². The average Bonchev–Trinajstić information content (AvgIpc) is 3.19. The molecular formula is C18H20Cl2N10O4S. The van der Waals surface area contributed by atoms with Crippen molar-refractivity contribution in [1.29, 1.82) is 0 Å². The molecule has 1 aromatic heterocycles. The quantitative estimate of drug-likeness (QED) is 0.270. The van der Waals surface area contributed by atoms with Crippen LogP contribution in [-0.2, 0) is 10.0 Å².